The molecule has 0 bridgehead atoms. The first-order valence-corrected chi connectivity index (χ1v) is 12.3. The van der Waals surface area contributed by atoms with Crippen molar-refractivity contribution in [3.05, 3.63) is 53.7 Å². The zero-order valence-electron chi connectivity index (χ0n) is 19.1. The van der Waals surface area contributed by atoms with E-state index in [0.29, 0.717) is 12.3 Å². The van der Waals surface area contributed by atoms with Crippen LogP contribution in [0.4, 0.5) is 0 Å². The van der Waals surface area contributed by atoms with Gasteiger partial charge in [-0.3, -0.25) is 9.79 Å². The number of nitrogens with zero attached hydrogens (tertiary/aromatic N) is 1. The molecule has 0 fully saturated rings. The number of rotatable bonds is 8. The van der Waals surface area contributed by atoms with E-state index in [0.717, 1.165) is 39.6 Å². The number of aromatic amines is 1. The summed E-state index contributed by atoms with van der Waals surface area (Å²) in [6.45, 7) is 6.68. The molecule has 8 nitrogen and oxygen atoms in total. The second-order valence-corrected chi connectivity index (χ2v) is 9.30. The molecule has 1 aromatic heterocycles. The highest BCUT2D eigenvalue weighted by atomic mass is 32.2. The number of benzene rings is 2. The summed E-state index contributed by atoms with van der Waals surface area (Å²) in [6.07, 6.45) is 1.05. The quantitative estimate of drug-likeness (QED) is 0.439. The van der Waals surface area contributed by atoms with E-state index < -0.39 is 17.5 Å². The van der Waals surface area contributed by atoms with Crippen molar-refractivity contribution in [1.82, 2.24) is 4.98 Å². The second kappa shape index (κ2) is 11.8. The lowest BCUT2D eigenvalue weighted by molar-refractivity contribution is -0.136. The van der Waals surface area contributed by atoms with Crippen LogP contribution in [0.2, 0.25) is 0 Å². The van der Waals surface area contributed by atoms with Crippen molar-refractivity contribution in [2.45, 2.75) is 45.0 Å². The summed E-state index contributed by atoms with van der Waals surface area (Å²) in [4.78, 5) is 19.0. The van der Waals surface area contributed by atoms with Gasteiger partial charge in [0.25, 0.3) is 0 Å². The Morgan fingerprint density at radius 1 is 1.24 bits per heavy atom. The highest BCUT2D eigenvalue weighted by Crippen LogP contribution is 2.36. The number of aliphatic carboxylic acids is 1. The molecule has 180 valence electrons. The number of nitrogens with one attached hydrogen (secondary N) is 1. The third-order valence-corrected chi connectivity index (χ3v) is 6.40. The summed E-state index contributed by atoms with van der Waals surface area (Å²) in [7, 11) is 0. The van der Waals surface area contributed by atoms with Gasteiger partial charge in [-0.05, 0) is 44.5 Å². The van der Waals surface area contributed by atoms with Crippen LogP contribution in [0.25, 0.3) is 10.9 Å². The number of ether oxygens (including phenoxy) is 2. The van der Waals surface area contributed by atoms with Gasteiger partial charge in [0.15, 0.2) is 0 Å². The van der Waals surface area contributed by atoms with Crippen molar-refractivity contribution >= 4 is 45.2 Å². The minimum atomic E-state index is -0.798. The number of carboxylic acid groups (broad SMARTS) is 1. The van der Waals surface area contributed by atoms with Gasteiger partial charge in [-0.15, -0.1) is 0 Å². The van der Waals surface area contributed by atoms with Gasteiger partial charge in [0, 0.05) is 16.7 Å². The Balaban J connectivity index is 0.00000103. The van der Waals surface area contributed by atoms with Crippen molar-refractivity contribution < 1.29 is 27.8 Å². The average Bonchev–Trinajstić information content (AvgIpc) is 3.42. The molecule has 2 atom stereocenters. The SMILES string of the molecule is CCC(C)Oc1cc(Oc2ccc(C)cc2)cc2cc(C3=NCC(CC(=O)O)S3)[nH]c12.O=S=O. The minimum Gasteiger partial charge on any atom is -0.488 e. The van der Waals surface area contributed by atoms with Crippen molar-refractivity contribution in [3.63, 3.8) is 0 Å². The summed E-state index contributed by atoms with van der Waals surface area (Å²) in [6, 6.07) is 13.8. The van der Waals surface area contributed by atoms with Gasteiger partial charge < -0.3 is 19.6 Å². The number of hydrogen-bond acceptors (Lipinski definition) is 7. The largest absolute Gasteiger partial charge is 0.488 e. The van der Waals surface area contributed by atoms with Gasteiger partial charge in [-0.25, -0.2) is 0 Å². The van der Waals surface area contributed by atoms with Crippen LogP contribution in [0.15, 0.2) is 47.5 Å². The molecule has 34 heavy (non-hydrogen) atoms. The average molecular weight is 503 g/mol. The lowest BCUT2D eigenvalue weighted by Gasteiger charge is -2.15. The van der Waals surface area contributed by atoms with E-state index in [9.17, 15) is 4.79 Å². The smallest absolute Gasteiger partial charge is 0.335 e. The molecule has 0 aliphatic carbocycles. The molecular weight excluding hydrogens is 476 g/mol. The summed E-state index contributed by atoms with van der Waals surface area (Å²) in [5.74, 6) is 1.39. The third kappa shape index (κ3) is 6.71. The van der Waals surface area contributed by atoms with Crippen LogP contribution in [-0.4, -0.2) is 47.4 Å². The Hall–Kier alpha value is -3.11. The molecule has 2 heterocycles. The van der Waals surface area contributed by atoms with Crippen molar-refractivity contribution in [2.75, 3.05) is 6.54 Å². The fourth-order valence-corrected chi connectivity index (χ4v) is 4.44. The Morgan fingerprint density at radius 2 is 1.94 bits per heavy atom. The number of H-pyrrole nitrogens is 1. The molecule has 1 aliphatic rings. The number of aliphatic imine (C=N–C) groups is 1. The molecule has 4 rings (SSSR count). The highest BCUT2D eigenvalue weighted by molar-refractivity contribution is 8.15. The van der Waals surface area contributed by atoms with Gasteiger partial charge >= 0.3 is 17.5 Å². The van der Waals surface area contributed by atoms with Gasteiger partial charge in [-0.2, -0.15) is 8.42 Å². The van der Waals surface area contributed by atoms with E-state index >= 15 is 0 Å². The van der Waals surface area contributed by atoms with Crippen LogP contribution in [0.5, 0.6) is 17.2 Å². The van der Waals surface area contributed by atoms with E-state index in [1.807, 2.05) is 56.3 Å². The van der Waals surface area contributed by atoms with Crippen LogP contribution in [-0.2, 0) is 16.4 Å². The van der Waals surface area contributed by atoms with Crippen molar-refractivity contribution in [2.24, 2.45) is 4.99 Å². The maximum atomic E-state index is 11.0. The van der Waals surface area contributed by atoms with Gasteiger partial charge in [0.05, 0.1) is 30.3 Å². The maximum Gasteiger partial charge on any atom is 0.335 e. The number of carboxylic acids is 1. The maximum absolute atomic E-state index is 11.0. The molecule has 0 amide bonds. The number of aryl methyl sites for hydroxylation is 1. The molecule has 0 saturated heterocycles. The fourth-order valence-electron chi connectivity index (χ4n) is 3.36. The van der Waals surface area contributed by atoms with E-state index in [-0.39, 0.29) is 17.8 Å². The van der Waals surface area contributed by atoms with Crippen LogP contribution in [0.1, 0.15) is 37.9 Å². The third-order valence-electron chi connectivity index (χ3n) is 5.17. The van der Waals surface area contributed by atoms with Gasteiger partial charge in [0.1, 0.15) is 22.3 Å². The Kier molecular flexibility index (Phi) is 8.89. The molecule has 0 radical (unpaired) electrons. The lowest BCUT2D eigenvalue weighted by Crippen LogP contribution is -2.10. The summed E-state index contributed by atoms with van der Waals surface area (Å²) < 4.78 is 28.9. The van der Waals surface area contributed by atoms with Gasteiger partial charge in [0.2, 0.25) is 0 Å². The molecule has 0 saturated carbocycles. The second-order valence-electron chi connectivity index (χ2n) is 7.87. The number of fused-ring (bicyclic) bond motifs is 1. The van der Waals surface area contributed by atoms with E-state index in [1.165, 1.54) is 17.3 Å². The molecule has 2 aromatic carbocycles. The number of hydrogen-bond donors (Lipinski definition) is 2. The predicted molar refractivity (Wildman–Crippen MR) is 134 cm³/mol. The first kappa shape index (κ1) is 25.5. The zero-order chi connectivity index (χ0) is 24.7. The summed E-state index contributed by atoms with van der Waals surface area (Å²) >= 11 is 0.756. The van der Waals surface area contributed by atoms with Crippen LogP contribution in [0.3, 0.4) is 0 Å². The first-order valence-electron chi connectivity index (χ1n) is 10.8. The normalized spacial score (nSPS) is 15.7. The van der Waals surface area contributed by atoms with E-state index in [2.05, 4.69) is 16.9 Å². The molecule has 2 unspecified atom stereocenters. The molecule has 3 aromatic rings. The van der Waals surface area contributed by atoms with Crippen LogP contribution in [0, 0.1) is 6.92 Å². The number of thioether (sulfide) groups is 1. The summed E-state index contributed by atoms with van der Waals surface area (Å²) in [5, 5.41) is 10.8. The Bertz CT molecular complexity index is 1220. The Morgan fingerprint density at radius 3 is 2.59 bits per heavy atom. The topological polar surface area (TPSA) is 118 Å². The van der Waals surface area contributed by atoms with E-state index in [4.69, 9.17) is 23.0 Å². The first-order chi connectivity index (χ1) is 16.3. The highest BCUT2D eigenvalue weighted by Gasteiger charge is 2.25. The fraction of sp³-hybridized carbons (Fsp3) is 0.333. The van der Waals surface area contributed by atoms with Crippen LogP contribution < -0.4 is 9.47 Å². The standard InChI is InChI=1S/C24H26N2O4S.O2S/c1-4-15(3)29-21-11-18(30-17-7-5-14(2)6-8-17)9-16-10-20(26-23(16)21)24-25-13-19(31-24)12-22(27)28;1-3-2/h5-11,15,19,26H,4,12-13H2,1-3H3,(H,27,28);. The predicted octanol–water partition coefficient (Wildman–Crippen LogP) is 5.11. The summed E-state index contributed by atoms with van der Waals surface area (Å²) in [5.41, 5.74) is 2.93. The molecule has 0 spiro atoms. The lowest BCUT2D eigenvalue weighted by atomic mass is 10.2. The van der Waals surface area contributed by atoms with Crippen LogP contribution >= 0.6 is 11.8 Å². The minimum absolute atomic E-state index is 0.0322. The zero-order valence-corrected chi connectivity index (χ0v) is 20.7. The molecule has 1 aliphatic heterocycles. The van der Waals surface area contributed by atoms with Gasteiger partial charge in [-0.1, -0.05) is 36.4 Å². The Labute approximate surface area is 205 Å². The number of aromatic nitrogens is 1. The molecule has 2 N–H and O–H groups in total. The monoisotopic (exact) mass is 502 g/mol. The number of carbonyl (C=O) groups is 1. The van der Waals surface area contributed by atoms with Crippen molar-refractivity contribution in [3.8, 4) is 17.2 Å². The van der Waals surface area contributed by atoms with E-state index in [1.54, 1.807) is 0 Å². The molecular formula is C24H26N2O6S2. The van der Waals surface area contributed by atoms with Crippen molar-refractivity contribution in [1.29, 1.82) is 0 Å². The molecule has 10 heteroatoms.